The number of sulfonamides is 1. The minimum atomic E-state index is -3.65. The summed E-state index contributed by atoms with van der Waals surface area (Å²) in [6.07, 6.45) is 3.06. The lowest BCUT2D eigenvalue weighted by Crippen LogP contribution is -2.26. The highest BCUT2D eigenvalue weighted by Gasteiger charge is 2.28. The molecule has 25 heavy (non-hydrogen) atoms. The van der Waals surface area contributed by atoms with Gasteiger partial charge in [0.05, 0.1) is 4.90 Å². The fourth-order valence-electron chi connectivity index (χ4n) is 2.14. The Bertz CT molecular complexity index is 918. The second-order valence-electron chi connectivity index (χ2n) is 5.67. The Labute approximate surface area is 143 Å². The third-order valence-corrected chi connectivity index (χ3v) is 5.00. The van der Waals surface area contributed by atoms with Crippen molar-refractivity contribution in [1.29, 1.82) is 0 Å². The molecule has 3 N–H and O–H groups in total. The van der Waals surface area contributed by atoms with E-state index in [2.05, 4.69) is 15.1 Å². The number of amides is 1. The van der Waals surface area contributed by atoms with Gasteiger partial charge in [-0.1, -0.05) is 6.07 Å². The fourth-order valence-corrected chi connectivity index (χ4v) is 3.49. The summed E-state index contributed by atoms with van der Waals surface area (Å²) in [6, 6.07) is 7.10. The smallest absolute Gasteiger partial charge is 0.325 e. The monoisotopic (exact) mass is 364 g/mol. The number of rotatable bonds is 7. The van der Waals surface area contributed by atoms with Gasteiger partial charge in [-0.05, 0) is 31.0 Å². The second-order valence-corrected chi connectivity index (χ2v) is 7.38. The van der Waals surface area contributed by atoms with Gasteiger partial charge in [0.15, 0.2) is 5.82 Å². The molecule has 0 bridgehead atoms. The van der Waals surface area contributed by atoms with Gasteiger partial charge < -0.3 is 10.4 Å². The number of nitrogens with one attached hydrogen (secondary N) is 2. The van der Waals surface area contributed by atoms with Crippen LogP contribution in [0, 0.1) is 0 Å². The molecule has 0 spiro atoms. The number of aliphatic carboxylic acids is 1. The number of anilines is 1. The quantitative estimate of drug-likeness (QED) is 0.662. The maximum Gasteiger partial charge on any atom is 0.325 e. The summed E-state index contributed by atoms with van der Waals surface area (Å²) in [5.74, 6) is -1.42. The average Bonchev–Trinajstić information content (AvgIpc) is 3.25. The van der Waals surface area contributed by atoms with Crippen molar-refractivity contribution in [2.45, 2.75) is 30.3 Å². The predicted molar refractivity (Wildman–Crippen MR) is 87.6 cm³/mol. The molecular formula is C15H16N4O5S. The number of hydrogen-bond acceptors (Lipinski definition) is 5. The predicted octanol–water partition coefficient (Wildman–Crippen LogP) is 0.661. The molecule has 0 unspecified atom stereocenters. The van der Waals surface area contributed by atoms with Gasteiger partial charge in [-0.2, -0.15) is 5.10 Å². The van der Waals surface area contributed by atoms with Crippen LogP contribution in [0.3, 0.4) is 0 Å². The number of hydrogen-bond donors (Lipinski definition) is 3. The van der Waals surface area contributed by atoms with E-state index in [0.717, 1.165) is 12.8 Å². The summed E-state index contributed by atoms with van der Waals surface area (Å²) >= 11 is 0. The highest BCUT2D eigenvalue weighted by atomic mass is 32.2. The molecule has 1 saturated carbocycles. The van der Waals surface area contributed by atoms with Gasteiger partial charge in [0.2, 0.25) is 10.0 Å². The van der Waals surface area contributed by atoms with Gasteiger partial charge in [0.25, 0.3) is 5.91 Å². The van der Waals surface area contributed by atoms with Crippen molar-refractivity contribution in [3.05, 3.63) is 42.1 Å². The second kappa shape index (κ2) is 6.65. The molecule has 9 nitrogen and oxygen atoms in total. The molecule has 10 heteroatoms. The molecule has 1 heterocycles. The third kappa shape index (κ3) is 4.43. The first-order chi connectivity index (χ1) is 11.8. The normalized spacial score (nSPS) is 14.2. The lowest BCUT2D eigenvalue weighted by molar-refractivity contribution is -0.137. The molecule has 2 aromatic rings. The SMILES string of the molecule is O=C(O)Cn1ccc(NC(=O)c2cccc(S(=O)(=O)NC3CC3)c2)n1. The van der Waals surface area contributed by atoms with Crippen LogP contribution >= 0.6 is 0 Å². The maximum atomic E-state index is 12.3. The lowest BCUT2D eigenvalue weighted by Gasteiger charge is -2.07. The van der Waals surface area contributed by atoms with Crippen molar-refractivity contribution in [3.63, 3.8) is 0 Å². The summed E-state index contributed by atoms with van der Waals surface area (Å²) in [5, 5.41) is 15.1. The molecular weight excluding hydrogens is 348 g/mol. The number of nitrogens with zero attached hydrogens (tertiary/aromatic N) is 2. The van der Waals surface area contributed by atoms with Crippen LogP contribution in [0.1, 0.15) is 23.2 Å². The Hall–Kier alpha value is -2.72. The molecule has 1 aromatic heterocycles. The number of carboxylic acids is 1. The van der Waals surface area contributed by atoms with Crippen molar-refractivity contribution in [2.24, 2.45) is 0 Å². The van der Waals surface area contributed by atoms with Crippen LogP contribution in [0.2, 0.25) is 0 Å². The lowest BCUT2D eigenvalue weighted by atomic mass is 10.2. The number of aromatic nitrogens is 2. The van der Waals surface area contributed by atoms with Crippen LogP contribution in [0.25, 0.3) is 0 Å². The fraction of sp³-hybridized carbons (Fsp3) is 0.267. The summed E-state index contributed by atoms with van der Waals surface area (Å²) in [4.78, 5) is 22.9. The van der Waals surface area contributed by atoms with E-state index in [1.807, 2.05) is 0 Å². The molecule has 0 radical (unpaired) electrons. The van der Waals surface area contributed by atoms with E-state index in [0.29, 0.717) is 0 Å². The Morgan fingerprint density at radius 3 is 2.72 bits per heavy atom. The Balaban J connectivity index is 1.73. The highest BCUT2D eigenvalue weighted by Crippen LogP contribution is 2.22. The number of benzene rings is 1. The minimum absolute atomic E-state index is 0.0171. The zero-order chi connectivity index (χ0) is 18.0. The van der Waals surface area contributed by atoms with E-state index in [4.69, 9.17) is 5.11 Å². The molecule has 1 aliphatic carbocycles. The summed E-state index contributed by atoms with van der Waals surface area (Å²) in [7, 11) is -3.65. The third-order valence-electron chi connectivity index (χ3n) is 3.49. The first-order valence-electron chi connectivity index (χ1n) is 7.52. The molecule has 3 rings (SSSR count). The molecule has 1 aliphatic rings. The topological polar surface area (TPSA) is 130 Å². The van der Waals surface area contributed by atoms with Gasteiger partial charge >= 0.3 is 5.97 Å². The first-order valence-corrected chi connectivity index (χ1v) is 9.01. The van der Waals surface area contributed by atoms with Crippen molar-refractivity contribution < 1.29 is 23.1 Å². The van der Waals surface area contributed by atoms with Gasteiger partial charge in [-0.25, -0.2) is 13.1 Å². The largest absolute Gasteiger partial charge is 0.480 e. The van der Waals surface area contributed by atoms with Crippen LogP contribution in [0.4, 0.5) is 5.82 Å². The molecule has 1 amide bonds. The van der Waals surface area contributed by atoms with E-state index in [1.165, 1.54) is 41.2 Å². The molecule has 1 aromatic carbocycles. The number of carbonyl (C=O) groups is 2. The van der Waals surface area contributed by atoms with Crippen LogP contribution in [0.5, 0.6) is 0 Å². The number of carbonyl (C=O) groups excluding carboxylic acids is 1. The molecule has 132 valence electrons. The van der Waals surface area contributed by atoms with E-state index in [1.54, 1.807) is 0 Å². The van der Waals surface area contributed by atoms with Gasteiger partial charge in [-0.3, -0.25) is 14.3 Å². The number of carboxylic acid groups (broad SMARTS) is 1. The Kier molecular flexibility index (Phi) is 4.55. The molecule has 0 aliphatic heterocycles. The average molecular weight is 364 g/mol. The van der Waals surface area contributed by atoms with Crippen molar-refractivity contribution >= 4 is 27.7 Å². The van der Waals surface area contributed by atoms with Crippen LogP contribution in [-0.2, 0) is 21.4 Å². The van der Waals surface area contributed by atoms with Crippen LogP contribution in [-0.4, -0.2) is 41.2 Å². The van der Waals surface area contributed by atoms with Crippen LogP contribution < -0.4 is 10.0 Å². The highest BCUT2D eigenvalue weighted by molar-refractivity contribution is 7.89. The Morgan fingerprint density at radius 1 is 1.28 bits per heavy atom. The van der Waals surface area contributed by atoms with E-state index in [-0.39, 0.29) is 28.9 Å². The zero-order valence-electron chi connectivity index (χ0n) is 13.0. The van der Waals surface area contributed by atoms with Gasteiger partial charge in [0.1, 0.15) is 6.54 Å². The standard InChI is InChI=1S/C15H16N4O5S/c20-14(21)9-19-7-6-13(17-19)16-15(22)10-2-1-3-12(8-10)25(23,24)18-11-4-5-11/h1-3,6-8,11,18H,4-5,9H2,(H,20,21)(H,16,17,22). The van der Waals surface area contributed by atoms with Crippen molar-refractivity contribution in [1.82, 2.24) is 14.5 Å². The molecule has 0 atom stereocenters. The van der Waals surface area contributed by atoms with E-state index >= 15 is 0 Å². The summed E-state index contributed by atoms with van der Waals surface area (Å²) < 4.78 is 28.1. The van der Waals surface area contributed by atoms with Gasteiger partial charge in [0, 0.05) is 23.9 Å². The van der Waals surface area contributed by atoms with Crippen molar-refractivity contribution in [3.8, 4) is 0 Å². The van der Waals surface area contributed by atoms with E-state index < -0.39 is 21.9 Å². The van der Waals surface area contributed by atoms with Crippen molar-refractivity contribution in [2.75, 3.05) is 5.32 Å². The van der Waals surface area contributed by atoms with E-state index in [9.17, 15) is 18.0 Å². The first kappa shape index (κ1) is 17.1. The Morgan fingerprint density at radius 2 is 2.04 bits per heavy atom. The zero-order valence-corrected chi connectivity index (χ0v) is 13.9. The maximum absolute atomic E-state index is 12.3. The van der Waals surface area contributed by atoms with Crippen LogP contribution in [0.15, 0.2) is 41.4 Å². The summed E-state index contributed by atoms with van der Waals surface area (Å²) in [5.41, 5.74) is 0.159. The molecule has 0 saturated heterocycles. The van der Waals surface area contributed by atoms with Gasteiger partial charge in [-0.15, -0.1) is 0 Å². The molecule has 1 fully saturated rings. The minimum Gasteiger partial charge on any atom is -0.480 e. The summed E-state index contributed by atoms with van der Waals surface area (Å²) in [6.45, 7) is -0.323.